The Morgan fingerprint density at radius 2 is 1.63 bits per heavy atom. The average Bonchev–Trinajstić information content (AvgIpc) is 2.77. The Bertz CT molecular complexity index is 906. The fourth-order valence-electron chi connectivity index (χ4n) is 4.21. The highest BCUT2D eigenvalue weighted by atomic mass is 16.1. The number of anilines is 2. The molecule has 0 saturated heterocycles. The lowest BCUT2D eigenvalue weighted by molar-refractivity contribution is -0.118. The number of hydrogen-bond acceptors (Lipinski definition) is 3. The minimum Gasteiger partial charge on any atom is -0.372 e. The number of rotatable bonds is 2. The van der Waals surface area contributed by atoms with Crippen LogP contribution >= 0.6 is 0 Å². The van der Waals surface area contributed by atoms with Crippen LogP contribution in [-0.2, 0) is 4.79 Å². The maximum atomic E-state index is 13.2. The zero-order valence-electron chi connectivity index (χ0n) is 16.6. The molecule has 0 spiro atoms. The normalized spacial score (nSPS) is 21.1. The molecule has 4 rings (SSSR count). The molecule has 1 aliphatic heterocycles. The van der Waals surface area contributed by atoms with Crippen molar-refractivity contribution in [3.63, 3.8) is 0 Å². The topological polar surface area (TPSA) is 41.1 Å². The molecule has 1 heterocycles. The highest BCUT2D eigenvalue weighted by Crippen LogP contribution is 2.45. The number of benzene rings is 2. The summed E-state index contributed by atoms with van der Waals surface area (Å²) in [5.41, 5.74) is 6.46. The zero-order chi connectivity index (χ0) is 19.2. The number of nitrogens with one attached hydrogen (secondary N) is 2. The Kier molecular flexibility index (Phi) is 4.33. The fraction of sp³-hybridized carbons (Fsp3) is 0.375. The molecule has 0 amide bonds. The van der Waals surface area contributed by atoms with Crippen molar-refractivity contribution in [1.82, 2.24) is 0 Å². The molecule has 0 bridgehead atoms. The number of ketones is 1. The van der Waals surface area contributed by atoms with Crippen molar-refractivity contribution < 1.29 is 4.79 Å². The molecule has 0 saturated carbocycles. The number of carbonyl (C=O) groups excluding carboxylic acids is 1. The van der Waals surface area contributed by atoms with E-state index in [1.165, 1.54) is 5.56 Å². The van der Waals surface area contributed by atoms with Crippen LogP contribution in [-0.4, -0.2) is 5.78 Å². The minimum absolute atomic E-state index is 0.0196. The van der Waals surface area contributed by atoms with E-state index in [1.54, 1.807) is 0 Å². The average molecular weight is 361 g/mol. The quantitative estimate of drug-likeness (QED) is 0.687. The second-order valence-corrected chi connectivity index (χ2v) is 8.90. The molecule has 3 nitrogen and oxygen atoms in total. The van der Waals surface area contributed by atoms with Gasteiger partial charge < -0.3 is 10.6 Å². The van der Waals surface area contributed by atoms with Crippen molar-refractivity contribution in [2.24, 2.45) is 5.41 Å². The number of hydrogen-bond donors (Lipinski definition) is 2. The van der Waals surface area contributed by atoms with Gasteiger partial charge in [0.15, 0.2) is 5.78 Å². The molecule has 2 aromatic rings. The van der Waals surface area contributed by atoms with Crippen molar-refractivity contribution in [2.45, 2.75) is 52.5 Å². The molecule has 0 unspecified atom stereocenters. The van der Waals surface area contributed by atoms with Gasteiger partial charge in [0.25, 0.3) is 0 Å². The number of fused-ring (bicyclic) bond motifs is 1. The first-order valence-electron chi connectivity index (χ1n) is 9.83. The summed E-state index contributed by atoms with van der Waals surface area (Å²) < 4.78 is 0. The van der Waals surface area contributed by atoms with Gasteiger partial charge in [-0.3, -0.25) is 4.79 Å². The molecule has 0 aromatic heterocycles. The van der Waals surface area contributed by atoms with E-state index < -0.39 is 0 Å². The van der Waals surface area contributed by atoms with Gasteiger partial charge >= 0.3 is 0 Å². The number of Topliss-reactive ketones (excluding diaryl/α,β-unsaturated/α-hetero) is 1. The maximum Gasteiger partial charge on any atom is 0.163 e. The van der Waals surface area contributed by atoms with E-state index in [1.807, 2.05) is 12.1 Å². The largest absolute Gasteiger partial charge is 0.372 e. The molecule has 2 aromatic carbocycles. The number of carbonyl (C=O) groups is 1. The highest BCUT2D eigenvalue weighted by Gasteiger charge is 2.38. The summed E-state index contributed by atoms with van der Waals surface area (Å²) in [5, 5.41) is 7.21. The van der Waals surface area contributed by atoms with Gasteiger partial charge in [0.1, 0.15) is 0 Å². The smallest absolute Gasteiger partial charge is 0.163 e. The van der Waals surface area contributed by atoms with Crippen LogP contribution in [0.5, 0.6) is 0 Å². The molecule has 1 atom stereocenters. The predicted octanol–water partition coefficient (Wildman–Crippen LogP) is 6.03. The van der Waals surface area contributed by atoms with Crippen LogP contribution in [0.25, 0.3) is 0 Å². The summed E-state index contributed by atoms with van der Waals surface area (Å²) in [5.74, 6) is 0.738. The van der Waals surface area contributed by atoms with Crippen LogP contribution < -0.4 is 10.6 Å². The Hall–Kier alpha value is -2.55. The first-order valence-corrected chi connectivity index (χ1v) is 9.83. The lowest BCUT2D eigenvalue weighted by Crippen LogP contribution is -2.31. The molecule has 3 heteroatoms. The predicted molar refractivity (Wildman–Crippen MR) is 112 cm³/mol. The van der Waals surface area contributed by atoms with Gasteiger partial charge in [0.2, 0.25) is 0 Å². The maximum absolute atomic E-state index is 13.2. The summed E-state index contributed by atoms with van der Waals surface area (Å²) in [4.78, 5) is 13.2. The van der Waals surface area contributed by atoms with E-state index in [9.17, 15) is 4.79 Å². The van der Waals surface area contributed by atoms with E-state index in [0.717, 1.165) is 34.6 Å². The van der Waals surface area contributed by atoms with Crippen LogP contribution in [0.3, 0.4) is 0 Å². The molecular weight excluding hydrogens is 332 g/mol. The second kappa shape index (κ2) is 6.56. The summed E-state index contributed by atoms with van der Waals surface area (Å²) in [7, 11) is 0. The molecule has 27 heavy (non-hydrogen) atoms. The van der Waals surface area contributed by atoms with E-state index >= 15 is 0 Å². The first-order chi connectivity index (χ1) is 12.8. The fourth-order valence-corrected chi connectivity index (χ4v) is 4.21. The van der Waals surface area contributed by atoms with Crippen molar-refractivity contribution >= 4 is 17.2 Å². The van der Waals surface area contributed by atoms with E-state index in [2.05, 4.69) is 74.7 Å². The monoisotopic (exact) mass is 360 g/mol. The standard InChI is InChI=1S/C24H28N2O/c1-15(2)16-9-11-17(12-10-16)23-22-20(13-24(3,4)14-21(22)27)25-18-7-5-6-8-19(18)26-23/h5-12,15,23,25-26H,13-14H2,1-4H3/t23-/m1/s1. The van der Waals surface area contributed by atoms with Gasteiger partial charge in [-0.15, -0.1) is 0 Å². The molecule has 0 radical (unpaired) electrons. The Balaban J connectivity index is 1.83. The molecule has 2 aliphatic rings. The van der Waals surface area contributed by atoms with Crippen molar-refractivity contribution in [3.8, 4) is 0 Å². The number of para-hydroxylation sites is 2. The SMILES string of the molecule is CC(C)c1ccc([C@H]2Nc3ccccc3NC3=C2C(=O)CC(C)(C)C3)cc1. The van der Waals surface area contributed by atoms with E-state index in [4.69, 9.17) is 0 Å². The Morgan fingerprint density at radius 3 is 2.30 bits per heavy atom. The van der Waals surface area contributed by atoms with Crippen LogP contribution in [0.4, 0.5) is 11.4 Å². The molecular formula is C24H28N2O. The molecule has 140 valence electrons. The lowest BCUT2D eigenvalue weighted by atomic mass is 9.73. The van der Waals surface area contributed by atoms with Gasteiger partial charge in [-0.25, -0.2) is 0 Å². The summed E-state index contributed by atoms with van der Waals surface area (Å²) in [6.07, 6.45) is 1.47. The second-order valence-electron chi connectivity index (χ2n) is 8.90. The Morgan fingerprint density at radius 1 is 0.963 bits per heavy atom. The van der Waals surface area contributed by atoms with Gasteiger partial charge in [-0.1, -0.05) is 64.1 Å². The van der Waals surface area contributed by atoms with E-state index in [0.29, 0.717) is 12.3 Å². The van der Waals surface area contributed by atoms with Gasteiger partial charge in [-0.2, -0.15) is 0 Å². The lowest BCUT2D eigenvalue weighted by Gasteiger charge is -2.34. The van der Waals surface area contributed by atoms with Crippen molar-refractivity contribution in [3.05, 3.63) is 70.9 Å². The first kappa shape index (κ1) is 17.8. The zero-order valence-corrected chi connectivity index (χ0v) is 16.6. The van der Waals surface area contributed by atoms with Gasteiger partial charge in [0, 0.05) is 17.7 Å². The van der Waals surface area contributed by atoms with Crippen LogP contribution in [0.1, 0.15) is 63.6 Å². The van der Waals surface area contributed by atoms with Crippen LogP contribution in [0, 0.1) is 5.41 Å². The number of allylic oxidation sites excluding steroid dienone is 1. The minimum atomic E-state index is -0.124. The summed E-state index contributed by atoms with van der Waals surface area (Å²) in [6, 6.07) is 16.8. The third kappa shape index (κ3) is 3.39. The van der Waals surface area contributed by atoms with Crippen LogP contribution in [0.2, 0.25) is 0 Å². The highest BCUT2D eigenvalue weighted by molar-refractivity contribution is 6.01. The molecule has 0 fully saturated rings. The molecule has 2 N–H and O–H groups in total. The van der Waals surface area contributed by atoms with Gasteiger partial charge in [-0.05, 0) is 41.0 Å². The molecule has 1 aliphatic carbocycles. The van der Waals surface area contributed by atoms with Gasteiger partial charge in [0.05, 0.1) is 17.4 Å². The summed E-state index contributed by atoms with van der Waals surface area (Å²) >= 11 is 0. The Labute approximate surface area is 161 Å². The van der Waals surface area contributed by atoms with Crippen molar-refractivity contribution in [1.29, 1.82) is 0 Å². The van der Waals surface area contributed by atoms with Crippen molar-refractivity contribution in [2.75, 3.05) is 10.6 Å². The van der Waals surface area contributed by atoms with Crippen LogP contribution in [0.15, 0.2) is 59.8 Å². The third-order valence-electron chi connectivity index (χ3n) is 5.66. The van der Waals surface area contributed by atoms with E-state index in [-0.39, 0.29) is 17.2 Å². The summed E-state index contributed by atoms with van der Waals surface area (Å²) in [6.45, 7) is 8.75. The third-order valence-corrected chi connectivity index (χ3v) is 5.66.